The first-order valence-electron chi connectivity index (χ1n) is 0.655. The molecule has 0 atom stereocenters. The molecule has 0 amide bonds. The van der Waals surface area contributed by atoms with Gasteiger partial charge < -0.3 is 21.9 Å². The summed E-state index contributed by atoms with van der Waals surface area (Å²) in [5.41, 5.74) is 0. The van der Waals surface area contributed by atoms with Crippen molar-refractivity contribution in [3.05, 3.63) is 0 Å². The molecule has 0 bridgehead atoms. The average Bonchev–Trinajstić information content (AvgIpc) is 0.811. The molecule has 0 aromatic heterocycles. The maximum atomic E-state index is 5.03. The van der Waals surface area contributed by atoms with Gasteiger partial charge in [0.05, 0.1) is 0 Å². The van der Waals surface area contributed by atoms with Gasteiger partial charge in [0.2, 0.25) is 0 Å². The van der Waals surface area contributed by atoms with Gasteiger partial charge in [0.1, 0.15) is 0 Å². The van der Waals surface area contributed by atoms with Gasteiger partial charge in [-0.15, -0.1) is 0 Å². The Morgan fingerprint density at radius 1 is 0.625 bits per heavy atom. The second kappa shape index (κ2) is 23.1. The van der Waals surface area contributed by atoms with E-state index in [-0.39, 0.29) is 21.9 Å². The van der Waals surface area contributed by atoms with Gasteiger partial charge in [-0.3, -0.25) is 0 Å². The van der Waals surface area contributed by atoms with Crippen LogP contribution in [0, 0.1) is 25.7 Å². The Hall–Kier alpha value is 1.90. The van der Waals surface area contributed by atoms with Crippen LogP contribution in [0.3, 0.4) is 0 Å². The first-order valence-corrected chi connectivity index (χ1v) is 14.3. The molecule has 0 radical (unpaired) electrons. The Morgan fingerprint density at radius 2 is 0.625 bits per heavy atom. The fraction of sp³-hybridized carbons (Fsp3) is 0. The predicted molar refractivity (Wildman–Crippen MR) is 32.0 cm³/mol. The summed E-state index contributed by atoms with van der Waals surface area (Å²) in [4.78, 5) is 0. The number of hydrogen-bond acceptors (Lipinski definition) is 0. The molecule has 0 unspecified atom stereocenters. The van der Waals surface area contributed by atoms with E-state index in [1.165, 1.54) is 0 Å². The zero-order valence-corrected chi connectivity index (χ0v) is 9.60. The normalized spacial score (nSPS) is 3.38. The number of halogens is 3. The van der Waals surface area contributed by atoms with Crippen LogP contribution in [0.4, 0.5) is 0 Å². The minimum absolute atomic E-state index is 0. The van der Waals surface area contributed by atoms with Crippen molar-refractivity contribution in [1.82, 2.24) is 0 Å². The molecule has 4 nitrogen and oxygen atoms in total. The van der Waals surface area contributed by atoms with E-state index in [4.69, 9.17) is 20.4 Å². The van der Waals surface area contributed by atoms with Crippen LogP contribution in [-0.4, -0.2) is 21.9 Å². The van der Waals surface area contributed by atoms with Crippen LogP contribution >= 0.6 is 20.4 Å². The molecule has 0 aromatic rings. The molecule has 56 valence electrons. The van der Waals surface area contributed by atoms with Crippen LogP contribution in [0.5, 0.6) is 0 Å². The monoisotopic (exact) mass is 316 g/mol. The molecular formula is H8Cl3LaO4. The summed E-state index contributed by atoms with van der Waals surface area (Å²) in [6.07, 6.45) is 0. The summed E-state index contributed by atoms with van der Waals surface area (Å²) in [6.45, 7) is 15.1. The maximum absolute atomic E-state index is 5.03. The molecule has 0 aliphatic rings. The minimum atomic E-state index is -2.31. The van der Waals surface area contributed by atoms with Crippen molar-refractivity contribution in [3.8, 4) is 0 Å². The quantitative estimate of drug-likeness (QED) is 0.530. The molecule has 0 aliphatic carbocycles. The van der Waals surface area contributed by atoms with Crippen LogP contribution in [0.25, 0.3) is 0 Å². The molecule has 0 heterocycles. The van der Waals surface area contributed by atoms with E-state index in [0.717, 1.165) is 0 Å². The van der Waals surface area contributed by atoms with E-state index in [9.17, 15) is 0 Å². The molecule has 8 N–H and O–H groups in total. The zero-order chi connectivity index (χ0) is 3.58. The summed E-state index contributed by atoms with van der Waals surface area (Å²) in [5.74, 6) is 0. The van der Waals surface area contributed by atoms with E-state index in [2.05, 4.69) is 0 Å². The van der Waals surface area contributed by atoms with Crippen molar-refractivity contribution >= 4 is 20.4 Å². The first-order chi connectivity index (χ1) is 1.73. The van der Waals surface area contributed by atoms with Crippen molar-refractivity contribution in [3.63, 3.8) is 0 Å². The average molecular weight is 317 g/mol. The predicted octanol–water partition coefficient (Wildman–Crippen LogP) is -1.23. The van der Waals surface area contributed by atoms with Gasteiger partial charge in [-0.05, 0) is 0 Å². The van der Waals surface area contributed by atoms with Crippen LogP contribution in [0.15, 0.2) is 0 Å². The van der Waals surface area contributed by atoms with Gasteiger partial charge in [0.25, 0.3) is 0 Å². The van der Waals surface area contributed by atoms with E-state index in [0.29, 0.717) is 0 Å². The van der Waals surface area contributed by atoms with Gasteiger partial charge in [0.15, 0.2) is 0 Å². The van der Waals surface area contributed by atoms with E-state index < -0.39 is 25.7 Å². The Kier molecular flexibility index (Phi) is 94.4. The van der Waals surface area contributed by atoms with E-state index in [1.807, 2.05) is 0 Å². The number of hydrogen-bond donors (Lipinski definition) is 0. The van der Waals surface area contributed by atoms with Crippen molar-refractivity contribution in [2.45, 2.75) is 0 Å². The van der Waals surface area contributed by atoms with Gasteiger partial charge in [-0.2, -0.15) is 0 Å². The third-order valence-electron chi connectivity index (χ3n) is 0. The molecule has 0 spiro atoms. The Bertz CT molecular complexity index is 16.0. The van der Waals surface area contributed by atoms with E-state index >= 15 is 0 Å². The third-order valence-corrected chi connectivity index (χ3v) is 0. The van der Waals surface area contributed by atoms with Crippen molar-refractivity contribution in [1.29, 1.82) is 0 Å². The molecule has 0 rings (SSSR count). The SMILES string of the molecule is O.O.O.O.[Cl][La]([Cl])[Cl]. The van der Waals surface area contributed by atoms with Crippen LogP contribution in [0.2, 0.25) is 0 Å². The summed E-state index contributed by atoms with van der Waals surface area (Å²) in [7, 11) is 0. The van der Waals surface area contributed by atoms with Crippen LogP contribution in [-0.2, 0) is 0 Å². The number of rotatable bonds is 0. The van der Waals surface area contributed by atoms with Gasteiger partial charge >= 0.3 is 46.0 Å². The fourth-order valence-corrected chi connectivity index (χ4v) is 0. The molecule has 8 heteroatoms. The molecule has 0 saturated carbocycles. The van der Waals surface area contributed by atoms with Crippen molar-refractivity contribution in [2.24, 2.45) is 0 Å². The second-order valence-corrected chi connectivity index (χ2v) is 16.2. The summed E-state index contributed by atoms with van der Waals surface area (Å²) >= 11 is -2.31. The van der Waals surface area contributed by atoms with Crippen LogP contribution < -0.4 is 0 Å². The summed E-state index contributed by atoms with van der Waals surface area (Å²) in [5, 5.41) is 0. The molecule has 0 saturated heterocycles. The van der Waals surface area contributed by atoms with Gasteiger partial charge in [-0.1, -0.05) is 0 Å². The van der Waals surface area contributed by atoms with Gasteiger partial charge in [-0.25, -0.2) is 0 Å². The molecule has 0 fully saturated rings. The zero-order valence-electron chi connectivity index (χ0n) is 3.71. The standard InChI is InChI=1S/3ClH.La.4H2O/h3*1H;;4*1H2/q;;;+3;;;;/p-3. The van der Waals surface area contributed by atoms with E-state index in [1.54, 1.807) is 0 Å². The summed E-state index contributed by atoms with van der Waals surface area (Å²) in [6, 6.07) is 0. The molecule has 0 aromatic carbocycles. The fourth-order valence-electron chi connectivity index (χ4n) is 0. The Labute approximate surface area is 67.1 Å². The Morgan fingerprint density at radius 3 is 0.625 bits per heavy atom. The topological polar surface area (TPSA) is 126 Å². The van der Waals surface area contributed by atoms with Crippen LogP contribution in [0.1, 0.15) is 0 Å². The van der Waals surface area contributed by atoms with Crippen molar-refractivity contribution in [2.75, 3.05) is 0 Å². The Balaban J connectivity index is -0.00000000750. The summed E-state index contributed by atoms with van der Waals surface area (Å²) < 4.78 is 0. The van der Waals surface area contributed by atoms with Gasteiger partial charge in [0, 0.05) is 0 Å². The first kappa shape index (κ1) is 32.6. The molecule has 0 aliphatic heterocycles. The second-order valence-electron chi connectivity index (χ2n) is 0.247. The van der Waals surface area contributed by atoms with Crippen molar-refractivity contribution < 1.29 is 47.6 Å². The molecule has 8 heavy (non-hydrogen) atoms. The third kappa shape index (κ3) is 104. The molecular weight excluding hydrogens is 309 g/mol.